The van der Waals surface area contributed by atoms with Crippen molar-refractivity contribution in [1.82, 2.24) is 4.90 Å². The van der Waals surface area contributed by atoms with E-state index in [-0.39, 0.29) is 17.0 Å². The van der Waals surface area contributed by atoms with Gasteiger partial charge in [0.05, 0.1) is 36.7 Å². The number of alkyl halides is 3. The zero-order valence-electron chi connectivity index (χ0n) is 18.0. The summed E-state index contributed by atoms with van der Waals surface area (Å²) < 4.78 is 50.4. The lowest BCUT2D eigenvalue weighted by Gasteiger charge is -2.37. The largest absolute Gasteiger partial charge is 0.465 e. The van der Waals surface area contributed by atoms with Gasteiger partial charge in [-0.3, -0.25) is 0 Å². The quantitative estimate of drug-likeness (QED) is 0.653. The number of piperazine rings is 1. The molecule has 0 saturated carbocycles. The number of halogens is 3. The van der Waals surface area contributed by atoms with E-state index >= 15 is 0 Å². The van der Waals surface area contributed by atoms with Crippen molar-refractivity contribution in [1.29, 1.82) is 0 Å². The maximum atomic E-state index is 13.6. The molecule has 2 heterocycles. The minimum absolute atomic E-state index is 0.103. The summed E-state index contributed by atoms with van der Waals surface area (Å²) in [6, 6.07) is 3.38. The van der Waals surface area contributed by atoms with Crippen LogP contribution in [0.2, 0.25) is 0 Å². The Morgan fingerprint density at radius 2 is 1.59 bits per heavy atom. The third-order valence-electron chi connectivity index (χ3n) is 5.30. The minimum Gasteiger partial charge on any atom is -0.465 e. The van der Waals surface area contributed by atoms with Gasteiger partial charge in [-0.1, -0.05) is 6.08 Å². The van der Waals surface area contributed by atoms with Crippen molar-refractivity contribution >= 4 is 23.3 Å². The Bertz CT molecular complexity index is 977. The van der Waals surface area contributed by atoms with E-state index in [0.717, 1.165) is 39.4 Å². The molecule has 0 atom stereocenters. The van der Waals surface area contributed by atoms with Gasteiger partial charge >= 0.3 is 18.1 Å². The summed E-state index contributed by atoms with van der Waals surface area (Å²) in [6.45, 7) is 2.63. The highest BCUT2D eigenvalue weighted by Gasteiger charge is 2.35. The Morgan fingerprint density at radius 3 is 2.19 bits per heavy atom. The number of anilines is 2. The number of likely N-dealkylation sites (N-methyl/N-ethyl adjacent to an activating group) is 1. The van der Waals surface area contributed by atoms with Crippen LogP contribution in [-0.2, 0) is 25.2 Å². The molecule has 32 heavy (non-hydrogen) atoms. The molecule has 172 valence electrons. The van der Waals surface area contributed by atoms with E-state index in [9.17, 15) is 22.8 Å². The van der Waals surface area contributed by atoms with Crippen molar-refractivity contribution in [3.05, 3.63) is 59.5 Å². The highest BCUT2D eigenvalue weighted by atomic mass is 19.4. The number of carbonyl (C=O) groups excluding carboxylic acids is 2. The third kappa shape index (κ3) is 4.80. The number of benzene rings is 1. The van der Waals surface area contributed by atoms with E-state index < -0.39 is 23.7 Å². The number of hydrogen-bond donors (Lipinski definition) is 0. The second kappa shape index (κ2) is 9.47. The molecular weight excluding hydrogens is 427 g/mol. The van der Waals surface area contributed by atoms with Crippen LogP contribution in [0.5, 0.6) is 0 Å². The minimum atomic E-state index is -4.59. The molecule has 1 saturated heterocycles. The summed E-state index contributed by atoms with van der Waals surface area (Å²) in [7, 11) is 4.25. The molecule has 1 fully saturated rings. The van der Waals surface area contributed by atoms with Crippen LogP contribution < -0.4 is 9.80 Å². The lowest BCUT2D eigenvalue weighted by molar-refractivity contribution is -0.139. The molecule has 0 amide bonds. The van der Waals surface area contributed by atoms with E-state index in [1.165, 1.54) is 35.4 Å². The van der Waals surface area contributed by atoms with Gasteiger partial charge in [-0.05, 0) is 37.4 Å². The molecule has 0 spiro atoms. The molecule has 1 aromatic carbocycles. The standard InChI is InChI=1S/C22H24F3N3O4/c1-26-10-12-27(13-11-26)17-8-7-15(22(23,24)25)14-18(17)28-9-5-4-6-16(20(29)31-2)19(28)21(30)32-3/h4-9,14H,10-13H2,1-3H3. The van der Waals surface area contributed by atoms with Crippen LogP contribution in [0.4, 0.5) is 24.5 Å². The lowest BCUT2D eigenvalue weighted by Crippen LogP contribution is -2.45. The van der Waals surface area contributed by atoms with Crippen molar-refractivity contribution in [3.63, 3.8) is 0 Å². The molecule has 2 aliphatic heterocycles. The van der Waals surface area contributed by atoms with Crippen molar-refractivity contribution in [2.24, 2.45) is 0 Å². The second-order valence-electron chi connectivity index (χ2n) is 7.31. The number of ether oxygens (including phenoxy) is 2. The van der Waals surface area contributed by atoms with Gasteiger partial charge in [0.15, 0.2) is 0 Å². The van der Waals surface area contributed by atoms with Crippen molar-refractivity contribution in [2.45, 2.75) is 6.18 Å². The van der Waals surface area contributed by atoms with Gasteiger partial charge in [0.1, 0.15) is 5.70 Å². The van der Waals surface area contributed by atoms with E-state index in [2.05, 4.69) is 4.90 Å². The first-order chi connectivity index (χ1) is 15.2. The van der Waals surface area contributed by atoms with E-state index in [1.807, 2.05) is 11.9 Å². The zero-order valence-corrected chi connectivity index (χ0v) is 18.0. The maximum absolute atomic E-state index is 13.6. The summed E-state index contributed by atoms with van der Waals surface area (Å²) in [6.07, 6.45) is 1.21. The Hall–Kier alpha value is -3.27. The van der Waals surface area contributed by atoms with E-state index in [1.54, 1.807) is 0 Å². The third-order valence-corrected chi connectivity index (χ3v) is 5.30. The first-order valence-electron chi connectivity index (χ1n) is 9.87. The van der Waals surface area contributed by atoms with E-state index in [0.29, 0.717) is 18.8 Å². The molecular formula is C22H24F3N3O4. The Balaban J connectivity index is 2.23. The zero-order chi connectivity index (χ0) is 23.5. The SMILES string of the molecule is COC(=O)C1=C(C(=O)OC)N(c2cc(C(F)(F)F)ccc2N2CCN(C)CC2)C=CC=C1. The number of methoxy groups -OCH3 is 2. The number of allylic oxidation sites excluding steroid dienone is 2. The Labute approximate surface area is 184 Å². The van der Waals surface area contributed by atoms with Crippen molar-refractivity contribution < 1.29 is 32.2 Å². The number of rotatable bonds is 4. The molecule has 0 unspecified atom stereocenters. The lowest BCUT2D eigenvalue weighted by atomic mass is 10.1. The van der Waals surface area contributed by atoms with Gasteiger partial charge < -0.3 is 24.2 Å². The first kappa shape index (κ1) is 23.4. The molecule has 0 aliphatic carbocycles. The molecule has 1 aromatic rings. The average Bonchev–Trinajstić information content (AvgIpc) is 3.00. The highest BCUT2D eigenvalue weighted by Crippen LogP contribution is 2.40. The summed E-state index contributed by atoms with van der Waals surface area (Å²) >= 11 is 0. The normalized spacial score (nSPS) is 17.4. The number of nitrogens with zero attached hydrogens (tertiary/aromatic N) is 3. The van der Waals surface area contributed by atoms with Crippen LogP contribution in [0.1, 0.15) is 5.56 Å². The highest BCUT2D eigenvalue weighted by molar-refractivity contribution is 6.06. The van der Waals surface area contributed by atoms with E-state index in [4.69, 9.17) is 9.47 Å². The van der Waals surface area contributed by atoms with Gasteiger partial charge in [-0.2, -0.15) is 13.2 Å². The second-order valence-corrected chi connectivity index (χ2v) is 7.31. The van der Waals surface area contributed by atoms with Crippen molar-refractivity contribution in [3.8, 4) is 0 Å². The molecule has 2 aliphatic rings. The molecule has 0 aromatic heterocycles. The summed E-state index contributed by atoms with van der Waals surface area (Å²) in [5.74, 6) is -1.70. The maximum Gasteiger partial charge on any atom is 0.416 e. The number of esters is 2. The summed E-state index contributed by atoms with van der Waals surface area (Å²) in [5.41, 5.74) is -0.639. The van der Waals surface area contributed by atoms with Crippen LogP contribution in [-0.4, -0.2) is 64.3 Å². The molecule has 7 nitrogen and oxygen atoms in total. The summed E-state index contributed by atoms with van der Waals surface area (Å²) in [4.78, 5) is 30.4. The van der Waals surface area contributed by atoms with Crippen LogP contribution in [0.15, 0.2) is 53.9 Å². The van der Waals surface area contributed by atoms with Crippen LogP contribution in [0, 0.1) is 0 Å². The fraction of sp³-hybridized carbons (Fsp3) is 0.364. The molecule has 0 radical (unpaired) electrons. The predicted molar refractivity (Wildman–Crippen MR) is 113 cm³/mol. The van der Waals surface area contributed by atoms with Crippen LogP contribution >= 0.6 is 0 Å². The van der Waals surface area contributed by atoms with Gasteiger partial charge in [-0.15, -0.1) is 0 Å². The fourth-order valence-electron chi connectivity index (χ4n) is 3.56. The van der Waals surface area contributed by atoms with Crippen molar-refractivity contribution in [2.75, 3.05) is 57.2 Å². The Kier molecular flexibility index (Phi) is 6.93. The topological polar surface area (TPSA) is 62.3 Å². The van der Waals surface area contributed by atoms with Crippen LogP contribution in [0.25, 0.3) is 0 Å². The fourth-order valence-corrected chi connectivity index (χ4v) is 3.56. The first-order valence-corrected chi connectivity index (χ1v) is 9.87. The van der Waals surface area contributed by atoms with Gasteiger partial charge in [0.25, 0.3) is 0 Å². The van der Waals surface area contributed by atoms with Gasteiger partial charge in [0, 0.05) is 32.4 Å². The average molecular weight is 451 g/mol. The number of carbonyl (C=O) groups is 2. The molecule has 0 bridgehead atoms. The summed E-state index contributed by atoms with van der Waals surface area (Å²) in [5, 5.41) is 0. The van der Waals surface area contributed by atoms with Gasteiger partial charge in [0.2, 0.25) is 0 Å². The molecule has 0 N–H and O–H groups in total. The molecule has 3 rings (SSSR count). The van der Waals surface area contributed by atoms with Gasteiger partial charge in [-0.25, -0.2) is 9.59 Å². The predicted octanol–water partition coefficient (Wildman–Crippen LogP) is 2.95. The smallest absolute Gasteiger partial charge is 0.416 e. The van der Waals surface area contributed by atoms with Crippen LogP contribution in [0.3, 0.4) is 0 Å². The number of hydrogen-bond acceptors (Lipinski definition) is 7. The monoisotopic (exact) mass is 451 g/mol. The Morgan fingerprint density at radius 1 is 0.938 bits per heavy atom. The molecule has 10 heteroatoms.